The third kappa shape index (κ3) is 2.53. The van der Waals surface area contributed by atoms with Crippen molar-refractivity contribution in [3.8, 4) is 17.2 Å². The maximum atomic E-state index is 11.8. The SMILES string of the molecule is CCOC(=O)c1nc(-c2ccn[nH]2)n(-c2ccccc2)n1. The predicted molar refractivity (Wildman–Crippen MR) is 74.9 cm³/mol. The standard InChI is InChI=1S/C14H13N5O2/c1-2-21-14(20)12-16-13(11-8-9-15-17-11)19(18-12)10-6-4-3-5-7-10/h3-9H,2H2,1H3,(H,15,17). The Morgan fingerprint density at radius 1 is 1.29 bits per heavy atom. The highest BCUT2D eigenvalue weighted by atomic mass is 16.5. The van der Waals surface area contributed by atoms with Crippen LogP contribution in [0, 0.1) is 0 Å². The summed E-state index contributed by atoms with van der Waals surface area (Å²) in [5, 5.41) is 11.0. The second kappa shape index (κ2) is 5.58. The Balaban J connectivity index is 2.11. The maximum absolute atomic E-state index is 11.8. The van der Waals surface area contributed by atoms with Gasteiger partial charge < -0.3 is 4.74 Å². The fourth-order valence-electron chi connectivity index (χ4n) is 1.90. The van der Waals surface area contributed by atoms with E-state index in [2.05, 4.69) is 20.3 Å². The predicted octanol–water partition coefficient (Wildman–Crippen LogP) is 1.83. The molecule has 2 aromatic heterocycles. The van der Waals surface area contributed by atoms with E-state index in [4.69, 9.17) is 4.74 Å². The summed E-state index contributed by atoms with van der Waals surface area (Å²) in [7, 11) is 0. The first-order valence-corrected chi connectivity index (χ1v) is 6.49. The van der Waals surface area contributed by atoms with Gasteiger partial charge in [-0.1, -0.05) is 18.2 Å². The summed E-state index contributed by atoms with van der Waals surface area (Å²) in [5.74, 6) is -0.0278. The normalized spacial score (nSPS) is 10.5. The van der Waals surface area contributed by atoms with Crippen LogP contribution >= 0.6 is 0 Å². The van der Waals surface area contributed by atoms with Crippen LogP contribution in [0.5, 0.6) is 0 Å². The minimum Gasteiger partial charge on any atom is -0.460 e. The van der Waals surface area contributed by atoms with Crippen LogP contribution in [0.3, 0.4) is 0 Å². The van der Waals surface area contributed by atoms with Crippen LogP contribution in [0.15, 0.2) is 42.6 Å². The number of aromatic amines is 1. The van der Waals surface area contributed by atoms with Gasteiger partial charge in [0.1, 0.15) is 5.69 Å². The monoisotopic (exact) mass is 283 g/mol. The number of ether oxygens (including phenoxy) is 1. The van der Waals surface area contributed by atoms with Crippen molar-refractivity contribution < 1.29 is 9.53 Å². The molecule has 21 heavy (non-hydrogen) atoms. The minimum atomic E-state index is -0.548. The molecule has 0 unspecified atom stereocenters. The molecule has 7 nitrogen and oxygen atoms in total. The van der Waals surface area contributed by atoms with Crippen LogP contribution in [-0.2, 0) is 4.74 Å². The molecule has 7 heteroatoms. The third-order valence-electron chi connectivity index (χ3n) is 2.81. The van der Waals surface area contributed by atoms with Gasteiger partial charge in [-0.25, -0.2) is 9.48 Å². The van der Waals surface area contributed by atoms with Crippen molar-refractivity contribution in [2.75, 3.05) is 6.61 Å². The van der Waals surface area contributed by atoms with Gasteiger partial charge >= 0.3 is 5.97 Å². The largest absolute Gasteiger partial charge is 0.460 e. The van der Waals surface area contributed by atoms with Crippen LogP contribution in [-0.4, -0.2) is 37.5 Å². The second-order valence-electron chi connectivity index (χ2n) is 4.20. The van der Waals surface area contributed by atoms with Gasteiger partial charge in [-0.05, 0) is 25.1 Å². The van der Waals surface area contributed by atoms with E-state index < -0.39 is 5.97 Å². The van der Waals surface area contributed by atoms with E-state index >= 15 is 0 Å². The Labute approximate surface area is 120 Å². The maximum Gasteiger partial charge on any atom is 0.378 e. The topological polar surface area (TPSA) is 85.7 Å². The Morgan fingerprint density at radius 2 is 2.10 bits per heavy atom. The van der Waals surface area contributed by atoms with E-state index in [1.807, 2.05) is 30.3 Å². The highest BCUT2D eigenvalue weighted by Gasteiger charge is 2.20. The number of aromatic nitrogens is 5. The van der Waals surface area contributed by atoms with Crippen LogP contribution < -0.4 is 0 Å². The fourth-order valence-corrected chi connectivity index (χ4v) is 1.90. The molecule has 0 bridgehead atoms. The van der Waals surface area contributed by atoms with Crippen LogP contribution in [0.1, 0.15) is 17.5 Å². The lowest BCUT2D eigenvalue weighted by Gasteiger charge is -2.03. The molecule has 1 N–H and O–H groups in total. The van der Waals surface area contributed by atoms with E-state index in [-0.39, 0.29) is 12.4 Å². The number of rotatable bonds is 4. The van der Waals surface area contributed by atoms with E-state index in [1.165, 1.54) is 0 Å². The molecular weight excluding hydrogens is 270 g/mol. The number of nitrogens with one attached hydrogen (secondary N) is 1. The van der Waals surface area contributed by atoms with Crippen molar-refractivity contribution in [2.45, 2.75) is 6.92 Å². The first-order valence-electron chi connectivity index (χ1n) is 6.49. The van der Waals surface area contributed by atoms with Crippen molar-refractivity contribution in [3.63, 3.8) is 0 Å². The lowest BCUT2D eigenvalue weighted by molar-refractivity contribution is 0.0512. The van der Waals surface area contributed by atoms with Gasteiger partial charge in [-0.2, -0.15) is 10.1 Å². The quantitative estimate of drug-likeness (QED) is 0.738. The van der Waals surface area contributed by atoms with E-state index in [9.17, 15) is 4.79 Å². The summed E-state index contributed by atoms with van der Waals surface area (Å²) in [6, 6.07) is 11.2. The number of benzene rings is 1. The van der Waals surface area contributed by atoms with Crippen LogP contribution in [0.25, 0.3) is 17.2 Å². The fraction of sp³-hybridized carbons (Fsp3) is 0.143. The summed E-state index contributed by atoms with van der Waals surface area (Å²) < 4.78 is 6.53. The highest BCUT2D eigenvalue weighted by molar-refractivity contribution is 5.85. The van der Waals surface area contributed by atoms with Crippen molar-refractivity contribution >= 4 is 5.97 Å². The molecule has 0 aliphatic carbocycles. The molecule has 0 amide bonds. The molecule has 106 valence electrons. The summed E-state index contributed by atoms with van der Waals surface area (Å²) >= 11 is 0. The second-order valence-corrected chi connectivity index (χ2v) is 4.20. The average Bonchev–Trinajstić information content (AvgIpc) is 3.17. The summed E-state index contributed by atoms with van der Waals surface area (Å²) in [6.07, 6.45) is 1.61. The Bertz CT molecular complexity index is 734. The first kappa shape index (κ1) is 13.0. The average molecular weight is 283 g/mol. The number of esters is 1. The van der Waals surface area contributed by atoms with Gasteiger partial charge in [0, 0.05) is 6.20 Å². The molecule has 2 heterocycles. The molecule has 1 aromatic carbocycles. The van der Waals surface area contributed by atoms with Crippen LogP contribution in [0.2, 0.25) is 0 Å². The molecule has 3 rings (SSSR count). The molecule has 0 fully saturated rings. The molecule has 0 saturated heterocycles. The minimum absolute atomic E-state index is 0.0188. The zero-order valence-electron chi connectivity index (χ0n) is 11.4. The molecule has 0 spiro atoms. The Morgan fingerprint density at radius 3 is 2.76 bits per heavy atom. The molecule has 3 aromatic rings. The first-order chi connectivity index (χ1) is 10.3. The Hall–Kier alpha value is -2.96. The van der Waals surface area contributed by atoms with E-state index in [0.717, 1.165) is 5.69 Å². The number of carbonyl (C=O) groups excluding carboxylic acids is 1. The van der Waals surface area contributed by atoms with Gasteiger partial charge in [-0.3, -0.25) is 5.10 Å². The zero-order valence-corrected chi connectivity index (χ0v) is 11.4. The molecule has 0 saturated carbocycles. The lowest BCUT2D eigenvalue weighted by atomic mass is 10.3. The van der Waals surface area contributed by atoms with Gasteiger partial charge in [0.05, 0.1) is 12.3 Å². The summed E-state index contributed by atoms with van der Waals surface area (Å²) in [6.45, 7) is 2.01. The number of para-hydroxylation sites is 1. The highest BCUT2D eigenvalue weighted by Crippen LogP contribution is 2.19. The number of hydrogen-bond acceptors (Lipinski definition) is 5. The molecule has 0 radical (unpaired) electrons. The third-order valence-corrected chi connectivity index (χ3v) is 2.81. The smallest absolute Gasteiger partial charge is 0.378 e. The van der Waals surface area contributed by atoms with Crippen LogP contribution in [0.4, 0.5) is 0 Å². The number of hydrogen-bond donors (Lipinski definition) is 1. The molecular formula is C14H13N5O2. The number of H-pyrrole nitrogens is 1. The molecule has 0 atom stereocenters. The summed E-state index contributed by atoms with van der Waals surface area (Å²) in [5.41, 5.74) is 1.46. The summed E-state index contributed by atoms with van der Waals surface area (Å²) in [4.78, 5) is 16.1. The van der Waals surface area contributed by atoms with Gasteiger partial charge in [-0.15, -0.1) is 5.10 Å². The van der Waals surface area contributed by atoms with Crippen molar-refractivity contribution in [1.29, 1.82) is 0 Å². The van der Waals surface area contributed by atoms with Gasteiger partial charge in [0.2, 0.25) is 0 Å². The van der Waals surface area contributed by atoms with Crippen molar-refractivity contribution in [3.05, 3.63) is 48.4 Å². The molecule has 0 aliphatic heterocycles. The van der Waals surface area contributed by atoms with E-state index in [0.29, 0.717) is 11.5 Å². The molecule has 0 aliphatic rings. The number of carbonyl (C=O) groups is 1. The van der Waals surface area contributed by atoms with Gasteiger partial charge in [0.15, 0.2) is 5.82 Å². The zero-order chi connectivity index (χ0) is 14.7. The lowest BCUT2D eigenvalue weighted by Crippen LogP contribution is -2.07. The Kier molecular flexibility index (Phi) is 3.46. The van der Waals surface area contributed by atoms with E-state index in [1.54, 1.807) is 23.9 Å². The van der Waals surface area contributed by atoms with Crippen molar-refractivity contribution in [2.24, 2.45) is 0 Å². The number of nitrogens with zero attached hydrogens (tertiary/aromatic N) is 4. The van der Waals surface area contributed by atoms with Gasteiger partial charge in [0.25, 0.3) is 5.82 Å². The van der Waals surface area contributed by atoms with Crippen molar-refractivity contribution in [1.82, 2.24) is 25.0 Å².